The molecule has 0 radical (unpaired) electrons. The summed E-state index contributed by atoms with van der Waals surface area (Å²) in [4.78, 5) is 22.5. The fourth-order valence-electron chi connectivity index (χ4n) is 1.10. The van der Waals surface area contributed by atoms with E-state index in [2.05, 4.69) is 10.1 Å². The van der Waals surface area contributed by atoms with Crippen molar-refractivity contribution in [3.63, 3.8) is 0 Å². The van der Waals surface area contributed by atoms with Gasteiger partial charge in [-0.25, -0.2) is 9.59 Å². The van der Waals surface area contributed by atoms with Crippen molar-refractivity contribution in [3.05, 3.63) is 47.1 Å². The van der Waals surface area contributed by atoms with E-state index >= 15 is 0 Å². The zero-order valence-corrected chi connectivity index (χ0v) is 10.4. The molecule has 0 spiro atoms. The van der Waals surface area contributed by atoms with E-state index in [1.807, 2.05) is 30.3 Å². The highest BCUT2D eigenvalue weighted by Gasteiger charge is 2.13. The van der Waals surface area contributed by atoms with Crippen LogP contribution in [0.5, 0.6) is 0 Å². The highest BCUT2D eigenvalue weighted by Crippen LogP contribution is 2.02. The molecular formula is C12H12ClNO4. The van der Waals surface area contributed by atoms with Gasteiger partial charge in [0.25, 0.3) is 0 Å². The monoisotopic (exact) mass is 269 g/mol. The van der Waals surface area contributed by atoms with Crippen LogP contribution in [0.15, 0.2) is 41.6 Å². The number of hydrogen-bond acceptors (Lipinski definition) is 4. The van der Waals surface area contributed by atoms with Crippen molar-refractivity contribution in [1.82, 2.24) is 5.32 Å². The van der Waals surface area contributed by atoms with Crippen LogP contribution in [0, 0.1) is 0 Å². The van der Waals surface area contributed by atoms with Crippen LogP contribution in [0.4, 0.5) is 4.79 Å². The van der Waals surface area contributed by atoms with Crippen LogP contribution in [0.25, 0.3) is 0 Å². The molecule has 0 heterocycles. The topological polar surface area (TPSA) is 64.6 Å². The van der Waals surface area contributed by atoms with E-state index in [9.17, 15) is 9.59 Å². The summed E-state index contributed by atoms with van der Waals surface area (Å²) in [6, 6.07) is 9.14. The molecule has 1 rings (SSSR count). The zero-order chi connectivity index (χ0) is 13.4. The van der Waals surface area contributed by atoms with Crippen molar-refractivity contribution >= 4 is 23.7 Å². The summed E-state index contributed by atoms with van der Waals surface area (Å²) in [6.45, 7) is 0.101. The number of alkyl carbamates (subject to hydrolysis) is 1. The average molecular weight is 270 g/mol. The van der Waals surface area contributed by atoms with Crippen molar-refractivity contribution < 1.29 is 19.1 Å². The number of methoxy groups -OCH3 is 1. The standard InChI is InChI=1S/C12H12ClNO4/c1-17-11(15)10(7-13)14-12(16)18-8-9-5-3-2-4-6-9/h2-7H,8H2,1H3,(H,14,16)/b10-7-. The number of carbonyl (C=O) groups excluding carboxylic acids is 2. The van der Waals surface area contributed by atoms with E-state index in [1.54, 1.807) is 0 Å². The number of halogens is 1. The molecule has 18 heavy (non-hydrogen) atoms. The van der Waals surface area contributed by atoms with Gasteiger partial charge in [0, 0.05) is 5.54 Å². The number of ether oxygens (including phenoxy) is 2. The van der Waals surface area contributed by atoms with Crippen molar-refractivity contribution in [2.45, 2.75) is 6.61 Å². The summed E-state index contributed by atoms with van der Waals surface area (Å²) in [7, 11) is 1.18. The van der Waals surface area contributed by atoms with E-state index in [1.165, 1.54) is 7.11 Å². The van der Waals surface area contributed by atoms with Crippen LogP contribution in [-0.4, -0.2) is 19.2 Å². The Morgan fingerprint density at radius 1 is 1.33 bits per heavy atom. The van der Waals surface area contributed by atoms with Crippen LogP contribution in [0.1, 0.15) is 5.56 Å². The maximum Gasteiger partial charge on any atom is 0.412 e. The molecule has 6 heteroatoms. The van der Waals surface area contributed by atoms with Gasteiger partial charge in [-0.15, -0.1) is 0 Å². The van der Waals surface area contributed by atoms with E-state index in [-0.39, 0.29) is 12.3 Å². The largest absolute Gasteiger partial charge is 0.464 e. The first-order valence-corrected chi connectivity index (χ1v) is 5.47. The lowest BCUT2D eigenvalue weighted by Gasteiger charge is -2.08. The molecular weight excluding hydrogens is 258 g/mol. The molecule has 5 nitrogen and oxygen atoms in total. The number of hydrogen-bond donors (Lipinski definition) is 1. The molecule has 0 saturated carbocycles. The van der Waals surface area contributed by atoms with Crippen LogP contribution in [0.2, 0.25) is 0 Å². The Morgan fingerprint density at radius 2 is 2.00 bits per heavy atom. The van der Waals surface area contributed by atoms with Gasteiger partial charge in [-0.1, -0.05) is 41.9 Å². The number of esters is 1. The molecule has 0 aliphatic heterocycles. The van der Waals surface area contributed by atoms with E-state index in [0.29, 0.717) is 0 Å². The van der Waals surface area contributed by atoms with E-state index in [0.717, 1.165) is 11.1 Å². The molecule has 0 atom stereocenters. The number of benzene rings is 1. The average Bonchev–Trinajstić information content (AvgIpc) is 2.42. The minimum atomic E-state index is -0.781. The highest BCUT2D eigenvalue weighted by atomic mass is 35.5. The van der Waals surface area contributed by atoms with Crippen molar-refractivity contribution in [1.29, 1.82) is 0 Å². The molecule has 0 aromatic heterocycles. The van der Waals surface area contributed by atoms with Gasteiger partial charge in [-0.3, -0.25) is 5.32 Å². The zero-order valence-electron chi connectivity index (χ0n) is 9.68. The smallest absolute Gasteiger partial charge is 0.412 e. The van der Waals surface area contributed by atoms with Crippen molar-refractivity contribution in [3.8, 4) is 0 Å². The van der Waals surface area contributed by atoms with Gasteiger partial charge in [-0.2, -0.15) is 0 Å². The SMILES string of the molecule is COC(=O)/C(=C/Cl)NC(=O)OCc1ccccc1. The summed E-state index contributed by atoms with van der Waals surface area (Å²) in [5.74, 6) is -0.748. The van der Waals surface area contributed by atoms with Gasteiger partial charge < -0.3 is 9.47 Å². The molecule has 0 saturated heterocycles. The molecule has 96 valence electrons. The summed E-state index contributed by atoms with van der Waals surface area (Å²) in [5, 5.41) is 2.18. The first-order chi connectivity index (χ1) is 8.67. The Bertz CT molecular complexity index is 445. The second-order valence-corrected chi connectivity index (χ2v) is 3.42. The van der Waals surface area contributed by atoms with Gasteiger partial charge in [0.05, 0.1) is 7.11 Å². The Balaban J connectivity index is 2.45. The lowest BCUT2D eigenvalue weighted by molar-refractivity contribution is -0.136. The van der Waals surface area contributed by atoms with Gasteiger partial charge in [0.2, 0.25) is 0 Å². The fourth-order valence-corrected chi connectivity index (χ4v) is 1.25. The predicted octanol–water partition coefficient (Wildman–Crippen LogP) is 2.17. The van der Waals surface area contributed by atoms with Gasteiger partial charge in [-0.05, 0) is 5.56 Å². The number of rotatable bonds is 4. The van der Waals surface area contributed by atoms with Crippen LogP contribution >= 0.6 is 11.6 Å². The number of nitrogens with one attached hydrogen (secondary N) is 1. The summed E-state index contributed by atoms with van der Waals surface area (Å²) < 4.78 is 9.30. The van der Waals surface area contributed by atoms with Gasteiger partial charge in [0.15, 0.2) is 0 Å². The third-order valence-electron chi connectivity index (χ3n) is 1.96. The molecule has 1 amide bonds. The van der Waals surface area contributed by atoms with Crippen LogP contribution < -0.4 is 5.32 Å². The maximum atomic E-state index is 11.4. The van der Waals surface area contributed by atoms with E-state index in [4.69, 9.17) is 16.3 Å². The fraction of sp³-hybridized carbons (Fsp3) is 0.167. The minimum absolute atomic E-state index is 0.101. The number of amides is 1. The first-order valence-electron chi connectivity index (χ1n) is 5.03. The Morgan fingerprint density at radius 3 is 2.56 bits per heavy atom. The molecule has 0 unspecified atom stereocenters. The molecule has 1 N–H and O–H groups in total. The molecule has 0 aliphatic carbocycles. The first kappa shape index (κ1) is 14.1. The van der Waals surface area contributed by atoms with Gasteiger partial charge >= 0.3 is 12.1 Å². The lowest BCUT2D eigenvalue weighted by atomic mass is 10.2. The third-order valence-corrected chi connectivity index (χ3v) is 2.18. The summed E-state index contributed by atoms with van der Waals surface area (Å²) in [5.41, 5.74) is 1.56. The van der Waals surface area contributed by atoms with Crippen molar-refractivity contribution in [2.24, 2.45) is 0 Å². The Labute approximate surface area is 109 Å². The van der Waals surface area contributed by atoms with Crippen LogP contribution in [-0.2, 0) is 20.9 Å². The number of carbonyl (C=O) groups is 2. The molecule has 0 aliphatic rings. The summed E-state index contributed by atoms with van der Waals surface area (Å²) >= 11 is 5.37. The molecule has 0 fully saturated rings. The molecule has 1 aromatic rings. The summed E-state index contributed by atoms with van der Waals surface area (Å²) in [6.07, 6.45) is -0.781. The van der Waals surface area contributed by atoms with Crippen molar-refractivity contribution in [2.75, 3.05) is 7.11 Å². The van der Waals surface area contributed by atoms with Crippen LogP contribution in [0.3, 0.4) is 0 Å². The Kier molecular flexibility index (Phi) is 5.73. The minimum Gasteiger partial charge on any atom is -0.464 e. The Hall–Kier alpha value is -2.01. The second kappa shape index (κ2) is 7.34. The lowest BCUT2D eigenvalue weighted by Crippen LogP contribution is -2.28. The highest BCUT2D eigenvalue weighted by molar-refractivity contribution is 6.27. The molecule has 0 bridgehead atoms. The predicted molar refractivity (Wildman–Crippen MR) is 65.7 cm³/mol. The normalized spacial score (nSPS) is 10.7. The third kappa shape index (κ3) is 4.47. The molecule has 1 aromatic carbocycles. The van der Waals surface area contributed by atoms with E-state index < -0.39 is 12.1 Å². The van der Waals surface area contributed by atoms with Gasteiger partial charge in [0.1, 0.15) is 12.3 Å². The second-order valence-electron chi connectivity index (χ2n) is 3.20. The maximum absolute atomic E-state index is 11.4. The quantitative estimate of drug-likeness (QED) is 0.672.